The van der Waals surface area contributed by atoms with Gasteiger partial charge in [0.05, 0.1) is 18.8 Å². The van der Waals surface area contributed by atoms with Gasteiger partial charge in [-0.15, -0.1) is 0 Å². The van der Waals surface area contributed by atoms with E-state index < -0.39 is 11.6 Å². The van der Waals surface area contributed by atoms with Crippen LogP contribution in [0.5, 0.6) is 5.75 Å². The summed E-state index contributed by atoms with van der Waals surface area (Å²) in [7, 11) is 0. The highest BCUT2D eigenvalue weighted by atomic mass is 19.1. The quantitative estimate of drug-likeness (QED) is 0.653. The summed E-state index contributed by atoms with van der Waals surface area (Å²) in [6, 6.07) is 4.91. The average molecular weight is 380 g/mol. The third-order valence-corrected chi connectivity index (χ3v) is 5.76. The van der Waals surface area contributed by atoms with Crippen molar-refractivity contribution in [1.29, 1.82) is 0 Å². The van der Waals surface area contributed by atoms with Gasteiger partial charge in [-0.2, -0.15) is 0 Å². The van der Waals surface area contributed by atoms with Crippen LogP contribution in [0.2, 0.25) is 0 Å². The van der Waals surface area contributed by atoms with Gasteiger partial charge in [-0.3, -0.25) is 0 Å². The Morgan fingerprint density at radius 1 is 1.26 bits per heavy atom. The number of carboxylic acid groups (broad SMARTS) is 1. The minimum Gasteiger partial charge on any atom is -0.493 e. The van der Waals surface area contributed by atoms with Crippen LogP contribution in [0.15, 0.2) is 18.2 Å². The minimum absolute atomic E-state index is 0.0462. The zero-order valence-corrected chi connectivity index (χ0v) is 16.1. The van der Waals surface area contributed by atoms with Gasteiger partial charge in [0.1, 0.15) is 18.2 Å². The van der Waals surface area contributed by atoms with Crippen LogP contribution < -0.4 is 4.74 Å². The summed E-state index contributed by atoms with van der Waals surface area (Å²) in [5.41, 5.74) is 0.461. The maximum absolute atomic E-state index is 14.2. The minimum atomic E-state index is -0.948. The SMILES string of the molecule is CC(C)COc1cc(F)cc(C23CCC(CCOCC(=O)O)(CC2)CO3)c1. The second kappa shape index (κ2) is 8.15. The Bertz CT molecular complexity index is 648. The van der Waals surface area contributed by atoms with Crippen LogP contribution in [0.1, 0.15) is 51.5 Å². The molecule has 1 aromatic carbocycles. The number of benzene rings is 1. The molecule has 2 heterocycles. The molecule has 3 aliphatic rings. The summed E-state index contributed by atoms with van der Waals surface area (Å²) < 4.78 is 31.4. The van der Waals surface area contributed by atoms with Crippen LogP contribution >= 0.6 is 0 Å². The summed E-state index contributed by atoms with van der Waals surface area (Å²) >= 11 is 0. The van der Waals surface area contributed by atoms with Crippen molar-refractivity contribution in [3.8, 4) is 5.75 Å². The molecule has 3 fully saturated rings. The number of carbonyl (C=O) groups is 1. The van der Waals surface area contributed by atoms with Crippen molar-refractivity contribution in [2.45, 2.75) is 51.6 Å². The number of hydrogen-bond acceptors (Lipinski definition) is 4. The zero-order valence-electron chi connectivity index (χ0n) is 16.1. The molecule has 4 rings (SSSR count). The lowest BCUT2D eigenvalue weighted by atomic mass is 9.63. The summed E-state index contributed by atoms with van der Waals surface area (Å²) in [6.45, 7) is 5.44. The summed E-state index contributed by atoms with van der Waals surface area (Å²) in [6.07, 6.45) is 4.41. The lowest BCUT2D eigenvalue weighted by molar-refractivity contribution is -0.194. The van der Waals surface area contributed by atoms with Crippen LogP contribution in [-0.4, -0.2) is 37.5 Å². The van der Waals surface area contributed by atoms with Gasteiger partial charge in [0, 0.05) is 12.7 Å². The summed E-state index contributed by atoms with van der Waals surface area (Å²) in [5, 5.41) is 8.66. The van der Waals surface area contributed by atoms with E-state index in [9.17, 15) is 9.18 Å². The molecule has 1 aromatic rings. The smallest absolute Gasteiger partial charge is 0.329 e. The topological polar surface area (TPSA) is 65.0 Å². The maximum Gasteiger partial charge on any atom is 0.329 e. The first-order chi connectivity index (χ1) is 12.8. The molecular weight excluding hydrogens is 351 g/mol. The molecule has 0 spiro atoms. The Morgan fingerprint density at radius 2 is 2.00 bits per heavy atom. The maximum atomic E-state index is 14.2. The van der Waals surface area contributed by atoms with Gasteiger partial charge in [-0.05, 0) is 61.1 Å². The Balaban J connectivity index is 1.64. The molecule has 1 aliphatic carbocycles. The zero-order chi connectivity index (χ0) is 19.5. The molecule has 1 N–H and O–H groups in total. The number of aliphatic carboxylic acids is 1. The molecule has 2 aliphatic heterocycles. The van der Waals surface area contributed by atoms with Crippen molar-refractivity contribution >= 4 is 5.97 Å². The van der Waals surface area contributed by atoms with Crippen molar-refractivity contribution < 1.29 is 28.5 Å². The highest BCUT2D eigenvalue weighted by molar-refractivity contribution is 5.67. The predicted molar refractivity (Wildman–Crippen MR) is 98.3 cm³/mol. The first-order valence-corrected chi connectivity index (χ1v) is 9.70. The number of carboxylic acids is 1. The molecule has 2 saturated heterocycles. The van der Waals surface area contributed by atoms with Crippen LogP contribution in [0, 0.1) is 17.2 Å². The lowest BCUT2D eigenvalue weighted by Crippen LogP contribution is -2.49. The number of ether oxygens (including phenoxy) is 3. The number of fused-ring (bicyclic) bond motifs is 3. The summed E-state index contributed by atoms with van der Waals surface area (Å²) in [5.74, 6) is -0.314. The van der Waals surface area contributed by atoms with Crippen LogP contribution in [0.3, 0.4) is 0 Å². The highest BCUT2D eigenvalue weighted by Gasteiger charge is 2.50. The fourth-order valence-electron chi connectivity index (χ4n) is 4.08. The van der Waals surface area contributed by atoms with E-state index >= 15 is 0 Å². The Hall–Kier alpha value is -1.66. The fraction of sp³-hybridized carbons (Fsp3) is 0.667. The monoisotopic (exact) mass is 380 g/mol. The predicted octanol–water partition coefficient (Wildman–Crippen LogP) is 4.14. The Kier molecular flexibility index (Phi) is 6.06. The first kappa shape index (κ1) is 20.1. The largest absolute Gasteiger partial charge is 0.493 e. The van der Waals surface area contributed by atoms with E-state index in [4.69, 9.17) is 19.3 Å². The van der Waals surface area contributed by atoms with Crippen molar-refractivity contribution in [3.05, 3.63) is 29.6 Å². The van der Waals surface area contributed by atoms with Gasteiger partial charge < -0.3 is 19.3 Å². The second-order valence-electron chi connectivity index (χ2n) is 8.36. The van der Waals surface area contributed by atoms with E-state index in [2.05, 4.69) is 13.8 Å². The third kappa shape index (κ3) is 4.79. The van der Waals surface area contributed by atoms with Crippen LogP contribution in [0.25, 0.3) is 0 Å². The van der Waals surface area contributed by atoms with E-state index in [1.165, 1.54) is 6.07 Å². The molecule has 0 unspecified atom stereocenters. The molecule has 1 saturated carbocycles. The molecule has 0 amide bonds. The average Bonchev–Trinajstić information content (AvgIpc) is 2.65. The van der Waals surface area contributed by atoms with Gasteiger partial charge in [0.25, 0.3) is 0 Å². The normalized spacial score (nSPS) is 27.1. The van der Waals surface area contributed by atoms with E-state index in [0.29, 0.717) is 31.5 Å². The number of halogens is 1. The van der Waals surface area contributed by atoms with Crippen molar-refractivity contribution in [1.82, 2.24) is 0 Å². The summed E-state index contributed by atoms with van der Waals surface area (Å²) in [4.78, 5) is 10.6. The molecule has 150 valence electrons. The third-order valence-electron chi connectivity index (χ3n) is 5.76. The van der Waals surface area contributed by atoms with Crippen molar-refractivity contribution in [2.24, 2.45) is 11.3 Å². The lowest BCUT2D eigenvalue weighted by Gasteiger charge is -2.53. The fourth-order valence-corrected chi connectivity index (χ4v) is 4.08. The van der Waals surface area contributed by atoms with Gasteiger partial charge >= 0.3 is 5.97 Å². The van der Waals surface area contributed by atoms with Gasteiger partial charge in [-0.25, -0.2) is 9.18 Å². The van der Waals surface area contributed by atoms with Crippen molar-refractivity contribution in [3.63, 3.8) is 0 Å². The molecular formula is C21H29FO5. The Labute approximate surface area is 159 Å². The molecule has 2 bridgehead atoms. The standard InChI is InChI=1S/C21H29FO5/c1-15(2)12-26-18-10-16(9-17(22)11-18)21-5-3-20(4-6-21,14-27-21)7-8-25-13-19(23)24/h9-11,15H,3-8,12-14H2,1-2H3,(H,23,24). The molecule has 0 atom stereocenters. The van der Waals surface area contributed by atoms with E-state index in [0.717, 1.165) is 37.7 Å². The molecule has 0 radical (unpaired) electrons. The van der Waals surface area contributed by atoms with Gasteiger partial charge in [0.15, 0.2) is 0 Å². The van der Waals surface area contributed by atoms with Crippen molar-refractivity contribution in [2.75, 3.05) is 26.4 Å². The molecule has 5 nitrogen and oxygen atoms in total. The van der Waals surface area contributed by atoms with Crippen LogP contribution in [-0.2, 0) is 19.9 Å². The van der Waals surface area contributed by atoms with E-state index in [-0.39, 0.29) is 17.8 Å². The second-order valence-corrected chi connectivity index (χ2v) is 8.36. The van der Waals surface area contributed by atoms with E-state index in [1.807, 2.05) is 6.07 Å². The number of rotatable bonds is 9. The highest BCUT2D eigenvalue weighted by Crippen LogP contribution is 2.55. The van der Waals surface area contributed by atoms with E-state index in [1.54, 1.807) is 6.07 Å². The molecule has 0 aromatic heterocycles. The van der Waals surface area contributed by atoms with Crippen LogP contribution in [0.4, 0.5) is 4.39 Å². The molecule has 6 heteroatoms. The Morgan fingerprint density at radius 3 is 2.59 bits per heavy atom. The first-order valence-electron chi connectivity index (χ1n) is 9.70. The van der Waals surface area contributed by atoms with Gasteiger partial charge in [0.2, 0.25) is 0 Å². The number of hydrogen-bond donors (Lipinski definition) is 1. The molecule has 27 heavy (non-hydrogen) atoms. The van der Waals surface area contributed by atoms with Gasteiger partial charge in [-0.1, -0.05) is 13.8 Å².